The van der Waals surface area contributed by atoms with Gasteiger partial charge < -0.3 is 10.2 Å². The van der Waals surface area contributed by atoms with Crippen molar-refractivity contribution in [2.24, 2.45) is 0 Å². The van der Waals surface area contributed by atoms with Gasteiger partial charge in [-0.05, 0) is 47.4 Å². The third kappa shape index (κ3) is 3.16. The smallest absolute Gasteiger partial charge is 0.125 e. The van der Waals surface area contributed by atoms with Crippen LogP contribution in [-0.2, 0) is 0 Å². The Bertz CT molecular complexity index is 402. The van der Waals surface area contributed by atoms with Crippen LogP contribution in [0.5, 0.6) is 0 Å². The van der Waals surface area contributed by atoms with Crippen LogP contribution in [-0.4, -0.2) is 25.7 Å². The minimum atomic E-state index is -0.309. The molecule has 2 rings (SSSR count). The van der Waals surface area contributed by atoms with Crippen LogP contribution in [0.15, 0.2) is 16.6 Å². The summed E-state index contributed by atoms with van der Waals surface area (Å²) < 4.78 is 14.0. The molecule has 1 aromatic carbocycles. The van der Waals surface area contributed by atoms with Crippen LogP contribution < -0.4 is 10.2 Å². The Hall–Kier alpha value is -0.320. The van der Waals surface area contributed by atoms with Crippen LogP contribution in [0, 0.1) is 5.82 Å². The van der Waals surface area contributed by atoms with Crippen LogP contribution >= 0.6 is 27.5 Å². The Morgan fingerprint density at radius 2 is 2.33 bits per heavy atom. The van der Waals surface area contributed by atoms with E-state index < -0.39 is 0 Å². The van der Waals surface area contributed by atoms with Gasteiger partial charge in [0, 0.05) is 23.6 Å². The zero-order valence-corrected chi connectivity index (χ0v) is 12.7. The SMILES string of the molecule is CCNC1CCCN(c2c(Cl)cc(F)cc2Br)C1. The van der Waals surface area contributed by atoms with Crippen molar-refractivity contribution in [3.63, 3.8) is 0 Å². The summed E-state index contributed by atoms with van der Waals surface area (Å²) in [4.78, 5) is 2.22. The van der Waals surface area contributed by atoms with E-state index in [1.165, 1.54) is 18.6 Å². The van der Waals surface area contributed by atoms with Crippen LogP contribution in [0.25, 0.3) is 0 Å². The summed E-state index contributed by atoms with van der Waals surface area (Å²) in [6.45, 7) is 4.96. The minimum absolute atomic E-state index is 0.309. The number of hydrogen-bond donors (Lipinski definition) is 1. The third-order valence-corrected chi connectivity index (χ3v) is 4.10. The standard InChI is InChI=1S/C13H17BrClFN2/c1-2-17-10-4-3-5-18(8-10)13-11(14)6-9(16)7-12(13)15/h6-7,10,17H,2-5,8H2,1H3. The predicted octanol–water partition coefficient (Wildman–Crippen LogP) is 3.82. The first-order valence-electron chi connectivity index (χ1n) is 6.24. The fourth-order valence-corrected chi connectivity index (χ4v) is 3.59. The summed E-state index contributed by atoms with van der Waals surface area (Å²) in [5.74, 6) is -0.309. The lowest BCUT2D eigenvalue weighted by atomic mass is 10.0. The van der Waals surface area contributed by atoms with Crippen molar-refractivity contribution in [3.8, 4) is 0 Å². The van der Waals surface area contributed by atoms with Gasteiger partial charge in [0.2, 0.25) is 0 Å². The average Bonchev–Trinajstić information content (AvgIpc) is 2.28. The van der Waals surface area contributed by atoms with E-state index >= 15 is 0 Å². The van der Waals surface area contributed by atoms with Crippen molar-refractivity contribution < 1.29 is 4.39 Å². The van der Waals surface area contributed by atoms with Crippen LogP contribution in [0.3, 0.4) is 0 Å². The summed E-state index contributed by atoms with van der Waals surface area (Å²) >= 11 is 9.57. The number of benzene rings is 1. The van der Waals surface area contributed by atoms with E-state index in [0.717, 1.165) is 36.2 Å². The van der Waals surface area contributed by atoms with E-state index in [2.05, 4.69) is 33.1 Å². The number of nitrogens with zero attached hydrogens (tertiary/aromatic N) is 1. The van der Waals surface area contributed by atoms with E-state index in [9.17, 15) is 4.39 Å². The number of piperidine rings is 1. The van der Waals surface area contributed by atoms with Crippen molar-refractivity contribution >= 4 is 33.2 Å². The number of anilines is 1. The monoisotopic (exact) mass is 334 g/mol. The number of halogens is 3. The Balaban J connectivity index is 2.20. The molecule has 1 aromatic rings. The van der Waals surface area contributed by atoms with Crippen molar-refractivity contribution in [2.45, 2.75) is 25.8 Å². The number of likely N-dealkylation sites (N-methyl/N-ethyl adjacent to an activating group) is 1. The van der Waals surface area contributed by atoms with Gasteiger partial charge in [0.15, 0.2) is 0 Å². The van der Waals surface area contributed by atoms with Gasteiger partial charge in [-0.15, -0.1) is 0 Å². The average molecular weight is 336 g/mol. The highest BCUT2D eigenvalue weighted by Crippen LogP contribution is 2.36. The van der Waals surface area contributed by atoms with Crippen molar-refractivity contribution in [2.75, 3.05) is 24.5 Å². The molecule has 0 amide bonds. The van der Waals surface area contributed by atoms with E-state index in [0.29, 0.717) is 11.1 Å². The third-order valence-electron chi connectivity index (χ3n) is 3.21. The quantitative estimate of drug-likeness (QED) is 0.903. The highest BCUT2D eigenvalue weighted by Gasteiger charge is 2.23. The lowest BCUT2D eigenvalue weighted by molar-refractivity contribution is 0.431. The largest absolute Gasteiger partial charge is 0.368 e. The van der Waals surface area contributed by atoms with Gasteiger partial charge in [-0.25, -0.2) is 4.39 Å². The molecule has 2 nitrogen and oxygen atoms in total. The summed E-state index contributed by atoms with van der Waals surface area (Å²) in [7, 11) is 0. The minimum Gasteiger partial charge on any atom is -0.368 e. The number of nitrogens with one attached hydrogen (secondary N) is 1. The van der Waals surface area contributed by atoms with E-state index in [1.54, 1.807) is 0 Å². The molecule has 0 spiro atoms. The topological polar surface area (TPSA) is 15.3 Å². The second kappa shape index (κ2) is 6.22. The Labute approximate surface area is 121 Å². The zero-order chi connectivity index (χ0) is 13.1. The zero-order valence-electron chi connectivity index (χ0n) is 10.3. The molecular weight excluding hydrogens is 319 g/mol. The fourth-order valence-electron chi connectivity index (χ4n) is 2.47. The molecule has 100 valence electrons. The summed E-state index contributed by atoms with van der Waals surface area (Å²) in [5, 5.41) is 3.93. The van der Waals surface area contributed by atoms with Gasteiger partial charge in [-0.1, -0.05) is 18.5 Å². The van der Waals surface area contributed by atoms with Gasteiger partial charge in [-0.2, -0.15) is 0 Å². The van der Waals surface area contributed by atoms with E-state index in [-0.39, 0.29) is 5.82 Å². The second-order valence-corrected chi connectivity index (χ2v) is 5.82. The second-order valence-electron chi connectivity index (χ2n) is 4.56. The van der Waals surface area contributed by atoms with Gasteiger partial charge in [-0.3, -0.25) is 0 Å². The molecule has 1 aliphatic heterocycles. The molecule has 0 saturated carbocycles. The number of rotatable bonds is 3. The van der Waals surface area contributed by atoms with Gasteiger partial charge in [0.1, 0.15) is 5.82 Å². The lowest BCUT2D eigenvalue weighted by Crippen LogP contribution is -2.45. The molecule has 1 N–H and O–H groups in total. The molecule has 1 unspecified atom stereocenters. The van der Waals surface area contributed by atoms with E-state index in [1.807, 2.05) is 0 Å². The maximum atomic E-state index is 13.2. The van der Waals surface area contributed by atoms with Gasteiger partial charge in [0.25, 0.3) is 0 Å². The predicted molar refractivity (Wildman–Crippen MR) is 78.0 cm³/mol. The molecule has 1 aliphatic rings. The molecule has 1 fully saturated rings. The molecule has 1 saturated heterocycles. The number of hydrogen-bond acceptors (Lipinski definition) is 2. The molecule has 0 radical (unpaired) electrons. The Morgan fingerprint density at radius 3 is 3.00 bits per heavy atom. The molecule has 1 heterocycles. The fraction of sp³-hybridized carbons (Fsp3) is 0.538. The van der Waals surface area contributed by atoms with Crippen LogP contribution in [0.1, 0.15) is 19.8 Å². The summed E-state index contributed by atoms with van der Waals surface area (Å²) in [6, 6.07) is 3.33. The van der Waals surface area contributed by atoms with E-state index in [4.69, 9.17) is 11.6 Å². The molecular formula is C13H17BrClFN2. The van der Waals surface area contributed by atoms with Gasteiger partial charge >= 0.3 is 0 Å². The first-order valence-corrected chi connectivity index (χ1v) is 7.41. The maximum absolute atomic E-state index is 13.2. The molecule has 18 heavy (non-hydrogen) atoms. The highest BCUT2D eigenvalue weighted by atomic mass is 79.9. The Kier molecular flexibility index (Phi) is 4.87. The normalized spacial score (nSPS) is 20.2. The van der Waals surface area contributed by atoms with Gasteiger partial charge in [0.05, 0.1) is 10.7 Å². The van der Waals surface area contributed by atoms with Crippen molar-refractivity contribution in [1.82, 2.24) is 5.32 Å². The molecule has 0 bridgehead atoms. The van der Waals surface area contributed by atoms with Crippen LogP contribution in [0.2, 0.25) is 5.02 Å². The molecule has 0 aromatic heterocycles. The first kappa shape index (κ1) is 14.1. The highest BCUT2D eigenvalue weighted by molar-refractivity contribution is 9.10. The first-order chi connectivity index (χ1) is 8.61. The summed E-state index contributed by atoms with van der Waals surface area (Å²) in [5.41, 5.74) is 0.903. The molecule has 1 atom stereocenters. The summed E-state index contributed by atoms with van der Waals surface area (Å²) in [6.07, 6.45) is 2.30. The van der Waals surface area contributed by atoms with Crippen LogP contribution in [0.4, 0.5) is 10.1 Å². The maximum Gasteiger partial charge on any atom is 0.125 e. The lowest BCUT2D eigenvalue weighted by Gasteiger charge is -2.35. The molecule has 0 aliphatic carbocycles. The van der Waals surface area contributed by atoms with Crippen molar-refractivity contribution in [3.05, 3.63) is 27.4 Å². The van der Waals surface area contributed by atoms with Crippen molar-refractivity contribution in [1.29, 1.82) is 0 Å². The molecule has 5 heteroatoms. The Morgan fingerprint density at radius 1 is 1.56 bits per heavy atom.